The lowest BCUT2D eigenvalue weighted by atomic mass is 10.5. The van der Waals surface area contributed by atoms with Gasteiger partial charge in [-0.2, -0.15) is 0 Å². The Kier molecular flexibility index (Phi) is 4.94. The van der Waals surface area contributed by atoms with Crippen LogP contribution in [-0.2, 0) is 14.3 Å². The third-order valence-corrected chi connectivity index (χ3v) is 0.786. The summed E-state index contributed by atoms with van der Waals surface area (Å²) in [5, 5.41) is 0. The van der Waals surface area contributed by atoms with E-state index in [9.17, 15) is 4.79 Å². The number of hydrogen-bond donors (Lipinski definition) is 0. The Morgan fingerprint density at radius 1 is 1.70 bits per heavy atom. The lowest BCUT2D eigenvalue weighted by molar-refractivity contribution is -0.166. The summed E-state index contributed by atoms with van der Waals surface area (Å²) in [6.07, 6.45) is 0.350. The monoisotopic (exact) mass is 145 g/mol. The predicted molar refractivity (Wildman–Crippen MR) is 36.9 cm³/mol. The molecule has 1 atom stereocenters. The van der Waals surface area contributed by atoms with Crippen molar-refractivity contribution in [1.29, 1.82) is 0 Å². The number of carbonyl (C=O) groups excluding carboxylic acids is 1. The van der Waals surface area contributed by atoms with E-state index in [1.165, 1.54) is 6.92 Å². The highest BCUT2D eigenvalue weighted by Gasteiger charge is 2.02. The van der Waals surface area contributed by atoms with Crippen molar-refractivity contribution in [2.45, 2.75) is 33.5 Å². The Morgan fingerprint density at radius 2 is 2.30 bits per heavy atom. The molecule has 0 aliphatic heterocycles. The van der Waals surface area contributed by atoms with Gasteiger partial charge in [0.1, 0.15) is 0 Å². The van der Waals surface area contributed by atoms with E-state index in [2.05, 4.69) is 4.74 Å². The second-order valence-corrected chi connectivity index (χ2v) is 1.89. The molecule has 1 radical (unpaired) electrons. The lowest BCUT2D eigenvalue weighted by Gasteiger charge is -2.10. The molecule has 0 bridgehead atoms. The first-order valence-corrected chi connectivity index (χ1v) is 3.31. The Labute approximate surface area is 61.3 Å². The highest BCUT2D eigenvalue weighted by atomic mass is 16.7. The SMILES string of the molecule is CC[CH]OC(C)OC(C)=O. The van der Waals surface area contributed by atoms with Gasteiger partial charge >= 0.3 is 5.97 Å². The van der Waals surface area contributed by atoms with Crippen molar-refractivity contribution in [3.63, 3.8) is 0 Å². The molecule has 0 saturated heterocycles. The molecular weight excluding hydrogens is 132 g/mol. The molecule has 0 fully saturated rings. The Hall–Kier alpha value is -0.570. The molecule has 0 aromatic carbocycles. The maximum atomic E-state index is 10.3. The van der Waals surface area contributed by atoms with Crippen LogP contribution in [0.25, 0.3) is 0 Å². The fraction of sp³-hybridized carbons (Fsp3) is 0.714. The molecule has 0 aromatic rings. The lowest BCUT2D eigenvalue weighted by Crippen LogP contribution is -2.14. The molecule has 3 heteroatoms. The average molecular weight is 145 g/mol. The minimum atomic E-state index is -0.461. The molecule has 0 saturated carbocycles. The van der Waals surface area contributed by atoms with Crippen LogP contribution < -0.4 is 0 Å². The molecule has 0 aliphatic carbocycles. The van der Waals surface area contributed by atoms with Crippen LogP contribution in [0.3, 0.4) is 0 Å². The van der Waals surface area contributed by atoms with Crippen molar-refractivity contribution in [2.75, 3.05) is 0 Å². The Balaban J connectivity index is 3.25. The van der Waals surface area contributed by atoms with Crippen LogP contribution in [0, 0.1) is 6.61 Å². The van der Waals surface area contributed by atoms with Crippen LogP contribution in [0.1, 0.15) is 27.2 Å². The van der Waals surface area contributed by atoms with Gasteiger partial charge in [-0.15, -0.1) is 0 Å². The van der Waals surface area contributed by atoms with E-state index in [4.69, 9.17) is 4.74 Å². The third-order valence-electron chi connectivity index (χ3n) is 0.786. The zero-order valence-electron chi connectivity index (χ0n) is 6.59. The molecule has 0 rings (SSSR count). The molecule has 0 aromatic heterocycles. The van der Waals surface area contributed by atoms with E-state index in [-0.39, 0.29) is 5.97 Å². The zero-order chi connectivity index (χ0) is 7.98. The van der Waals surface area contributed by atoms with E-state index in [0.29, 0.717) is 0 Å². The van der Waals surface area contributed by atoms with Crippen molar-refractivity contribution in [2.24, 2.45) is 0 Å². The van der Waals surface area contributed by atoms with E-state index in [1.54, 1.807) is 13.5 Å². The molecule has 0 amide bonds. The van der Waals surface area contributed by atoms with Gasteiger partial charge in [0, 0.05) is 6.92 Å². The van der Waals surface area contributed by atoms with Gasteiger partial charge in [0.05, 0.1) is 6.61 Å². The van der Waals surface area contributed by atoms with Crippen molar-refractivity contribution in [3.8, 4) is 0 Å². The number of ether oxygens (including phenoxy) is 2. The van der Waals surface area contributed by atoms with Gasteiger partial charge < -0.3 is 9.47 Å². The van der Waals surface area contributed by atoms with Crippen LogP contribution in [0.2, 0.25) is 0 Å². The number of hydrogen-bond acceptors (Lipinski definition) is 3. The fourth-order valence-electron chi connectivity index (χ4n) is 0.493. The number of carbonyl (C=O) groups is 1. The number of rotatable bonds is 4. The summed E-state index contributed by atoms with van der Waals surface area (Å²) in [5.41, 5.74) is 0. The van der Waals surface area contributed by atoms with Gasteiger partial charge in [0.25, 0.3) is 0 Å². The molecular formula is C7H13O3. The van der Waals surface area contributed by atoms with Crippen LogP contribution in [0.15, 0.2) is 0 Å². The average Bonchev–Trinajstić information content (AvgIpc) is 1.82. The van der Waals surface area contributed by atoms with Crippen LogP contribution in [0.5, 0.6) is 0 Å². The van der Waals surface area contributed by atoms with E-state index < -0.39 is 6.29 Å². The first kappa shape index (κ1) is 9.43. The van der Waals surface area contributed by atoms with Gasteiger partial charge in [-0.1, -0.05) is 6.92 Å². The number of esters is 1. The molecule has 1 unspecified atom stereocenters. The third kappa shape index (κ3) is 5.56. The second-order valence-electron chi connectivity index (χ2n) is 1.89. The van der Waals surface area contributed by atoms with E-state index >= 15 is 0 Å². The van der Waals surface area contributed by atoms with Gasteiger partial charge in [0.15, 0.2) is 0 Å². The molecule has 0 N–H and O–H groups in total. The fourth-order valence-corrected chi connectivity index (χ4v) is 0.493. The van der Waals surface area contributed by atoms with Crippen molar-refractivity contribution in [1.82, 2.24) is 0 Å². The first-order chi connectivity index (χ1) is 4.66. The summed E-state index contributed by atoms with van der Waals surface area (Å²) in [6.45, 7) is 6.58. The van der Waals surface area contributed by atoms with Crippen LogP contribution in [0.4, 0.5) is 0 Å². The highest BCUT2D eigenvalue weighted by Crippen LogP contribution is 1.97. The minimum absolute atomic E-state index is 0.322. The molecule has 59 valence electrons. The highest BCUT2D eigenvalue weighted by molar-refractivity contribution is 5.65. The van der Waals surface area contributed by atoms with Crippen molar-refractivity contribution in [3.05, 3.63) is 6.61 Å². The summed E-state index contributed by atoms with van der Waals surface area (Å²) in [4.78, 5) is 10.3. The quantitative estimate of drug-likeness (QED) is 0.444. The first-order valence-electron chi connectivity index (χ1n) is 3.31. The normalized spacial score (nSPS) is 12.7. The Bertz CT molecular complexity index is 101. The molecule has 0 spiro atoms. The van der Waals surface area contributed by atoms with E-state index in [0.717, 1.165) is 6.42 Å². The predicted octanol–water partition coefficient (Wildman–Crippen LogP) is 1.48. The second kappa shape index (κ2) is 5.23. The molecule has 0 aliphatic rings. The van der Waals surface area contributed by atoms with Crippen LogP contribution >= 0.6 is 0 Å². The Morgan fingerprint density at radius 3 is 2.70 bits per heavy atom. The maximum absolute atomic E-state index is 10.3. The topological polar surface area (TPSA) is 35.5 Å². The van der Waals surface area contributed by atoms with E-state index in [1.807, 2.05) is 6.92 Å². The molecule has 10 heavy (non-hydrogen) atoms. The summed E-state index contributed by atoms with van der Waals surface area (Å²) < 4.78 is 9.59. The zero-order valence-corrected chi connectivity index (χ0v) is 6.59. The molecule has 0 heterocycles. The standard InChI is InChI=1S/C7H13O3/c1-4-5-9-7(3)10-6(2)8/h5,7H,4H2,1-3H3. The van der Waals surface area contributed by atoms with Gasteiger partial charge in [0.2, 0.25) is 6.29 Å². The minimum Gasteiger partial charge on any atom is -0.436 e. The van der Waals surface area contributed by atoms with Gasteiger partial charge in [-0.3, -0.25) is 4.79 Å². The van der Waals surface area contributed by atoms with Crippen molar-refractivity contribution >= 4 is 5.97 Å². The van der Waals surface area contributed by atoms with Crippen molar-refractivity contribution < 1.29 is 14.3 Å². The summed E-state index contributed by atoms with van der Waals surface area (Å²) >= 11 is 0. The van der Waals surface area contributed by atoms with Gasteiger partial charge in [-0.05, 0) is 13.3 Å². The van der Waals surface area contributed by atoms with Crippen LogP contribution in [-0.4, -0.2) is 12.3 Å². The smallest absolute Gasteiger partial charge is 0.304 e. The summed E-state index contributed by atoms with van der Waals surface area (Å²) in [5.74, 6) is -0.322. The largest absolute Gasteiger partial charge is 0.436 e. The molecule has 3 nitrogen and oxygen atoms in total. The summed E-state index contributed by atoms with van der Waals surface area (Å²) in [7, 11) is 0. The maximum Gasteiger partial charge on any atom is 0.304 e. The summed E-state index contributed by atoms with van der Waals surface area (Å²) in [6, 6.07) is 0. The van der Waals surface area contributed by atoms with Gasteiger partial charge in [-0.25, -0.2) is 0 Å².